The van der Waals surface area contributed by atoms with Gasteiger partial charge in [-0.1, -0.05) is 0 Å². The SMILES string of the molecule is O=[P+]([O-])O[P+](=O)[O-].OCCCl.[Ca+2]. The smallest absolute Gasteiger partial charge is 0.563 e. The normalized spacial score (nSPS) is 10.3. The maximum Gasteiger partial charge on any atom is 2.00 e. The molecule has 0 aliphatic carbocycles. The van der Waals surface area contributed by atoms with Gasteiger partial charge in [0, 0.05) is 5.88 Å². The van der Waals surface area contributed by atoms with Crippen molar-refractivity contribution in [2.45, 2.75) is 0 Å². The standard InChI is InChI=1S/C2H5ClO.Ca.O5P2/c3-1-2-4;;1-6(2)5-7(3)4/h4H,1-2H2;;/q;+2;. The molecule has 12 heavy (non-hydrogen) atoms. The van der Waals surface area contributed by atoms with Crippen molar-refractivity contribution in [2.75, 3.05) is 12.5 Å². The Morgan fingerprint density at radius 3 is 1.58 bits per heavy atom. The summed E-state index contributed by atoms with van der Waals surface area (Å²) in [5.41, 5.74) is 0. The van der Waals surface area contributed by atoms with E-state index in [2.05, 4.69) is 4.31 Å². The molecule has 0 aliphatic rings. The second-order valence-corrected chi connectivity index (χ2v) is 2.87. The van der Waals surface area contributed by atoms with Crippen LogP contribution < -0.4 is 9.79 Å². The van der Waals surface area contributed by atoms with Crippen LogP contribution in [0.1, 0.15) is 0 Å². The molecule has 0 aliphatic heterocycles. The molecule has 0 aromatic rings. The van der Waals surface area contributed by atoms with Gasteiger partial charge < -0.3 is 14.9 Å². The van der Waals surface area contributed by atoms with E-state index in [1.165, 1.54) is 0 Å². The van der Waals surface area contributed by atoms with E-state index in [-0.39, 0.29) is 44.3 Å². The fourth-order valence-electron chi connectivity index (χ4n) is 0.0544. The Balaban J connectivity index is -0.000000142. The van der Waals surface area contributed by atoms with Gasteiger partial charge in [0.2, 0.25) is 0 Å². The van der Waals surface area contributed by atoms with E-state index in [1.54, 1.807) is 0 Å². The molecular formula is C2H5CaClO6P2+2. The van der Waals surface area contributed by atoms with Gasteiger partial charge in [0.25, 0.3) is 0 Å². The van der Waals surface area contributed by atoms with E-state index in [0.717, 1.165) is 0 Å². The molecule has 0 rings (SSSR count). The molecule has 0 bridgehead atoms. The van der Waals surface area contributed by atoms with Gasteiger partial charge in [0.1, 0.15) is 4.31 Å². The minimum atomic E-state index is -3.24. The molecule has 0 amide bonds. The first-order valence-corrected chi connectivity index (χ1v) is 4.90. The van der Waals surface area contributed by atoms with Crippen LogP contribution in [0.25, 0.3) is 0 Å². The Labute approximate surface area is 106 Å². The quantitative estimate of drug-likeness (QED) is 0.392. The van der Waals surface area contributed by atoms with Crippen LogP contribution in [0.5, 0.6) is 0 Å². The predicted molar refractivity (Wildman–Crippen MR) is 39.9 cm³/mol. The zero-order valence-electron chi connectivity index (χ0n) is 5.88. The van der Waals surface area contributed by atoms with Gasteiger partial charge in [0.05, 0.1) is 6.61 Å². The molecule has 0 saturated heterocycles. The molecule has 0 spiro atoms. The second-order valence-electron chi connectivity index (χ2n) is 0.941. The van der Waals surface area contributed by atoms with Crippen LogP contribution in [-0.4, -0.2) is 55.3 Å². The van der Waals surface area contributed by atoms with Crippen molar-refractivity contribution >= 4 is 65.8 Å². The summed E-state index contributed by atoms with van der Waals surface area (Å²) in [6.45, 7) is 0.0849. The van der Waals surface area contributed by atoms with Gasteiger partial charge in [-0.15, -0.1) is 11.6 Å². The molecule has 0 heterocycles. The number of rotatable bonds is 3. The van der Waals surface area contributed by atoms with E-state index in [1.807, 2.05) is 0 Å². The Kier molecular flexibility index (Phi) is 24.1. The zero-order chi connectivity index (χ0) is 9.28. The molecule has 0 aromatic carbocycles. The van der Waals surface area contributed by atoms with Crippen molar-refractivity contribution < 1.29 is 28.3 Å². The van der Waals surface area contributed by atoms with Gasteiger partial charge in [-0.3, -0.25) is 0 Å². The molecule has 66 valence electrons. The first-order chi connectivity index (χ1) is 5.04. The predicted octanol–water partition coefficient (Wildman–Crippen LogP) is -1.12. The summed E-state index contributed by atoms with van der Waals surface area (Å²) in [5, 5.41) is 7.74. The van der Waals surface area contributed by atoms with E-state index in [0.29, 0.717) is 5.88 Å². The molecule has 1 N–H and O–H groups in total. The Morgan fingerprint density at radius 1 is 1.33 bits per heavy atom. The van der Waals surface area contributed by atoms with Crippen LogP contribution in [0.2, 0.25) is 0 Å². The molecule has 2 unspecified atom stereocenters. The summed E-state index contributed by atoms with van der Waals surface area (Å²) in [4.78, 5) is 18.5. The molecule has 0 saturated carbocycles. The average Bonchev–Trinajstić information content (AvgIpc) is 1.85. The third kappa shape index (κ3) is 29.9. The fraction of sp³-hybridized carbons (Fsp3) is 1.00. The van der Waals surface area contributed by atoms with Crippen LogP contribution in [0.4, 0.5) is 0 Å². The third-order valence-corrected chi connectivity index (χ3v) is 1.45. The second kappa shape index (κ2) is 15.1. The van der Waals surface area contributed by atoms with Crippen LogP contribution in [-0.2, 0) is 13.4 Å². The van der Waals surface area contributed by atoms with Crippen molar-refractivity contribution in [1.29, 1.82) is 0 Å². The monoisotopic (exact) mass is 262 g/mol. The summed E-state index contributed by atoms with van der Waals surface area (Å²) < 4.78 is 21.6. The number of aliphatic hydroxyl groups is 1. The van der Waals surface area contributed by atoms with Crippen LogP contribution >= 0.6 is 28.1 Å². The number of halogens is 1. The third-order valence-electron chi connectivity index (χ3n) is 0.218. The average molecular weight is 263 g/mol. The first kappa shape index (κ1) is 19.2. The molecule has 2 atom stereocenters. The Morgan fingerprint density at radius 2 is 1.58 bits per heavy atom. The first-order valence-electron chi connectivity index (χ1n) is 2.18. The maximum absolute atomic E-state index is 9.24. The Hall–Kier alpha value is 1.59. The van der Waals surface area contributed by atoms with Crippen molar-refractivity contribution in [3.8, 4) is 0 Å². The molecule has 0 aromatic heterocycles. The van der Waals surface area contributed by atoms with Crippen molar-refractivity contribution in [3.05, 3.63) is 0 Å². The minimum absolute atomic E-state index is 0. The van der Waals surface area contributed by atoms with Gasteiger partial charge in [-0.2, -0.15) is 0 Å². The van der Waals surface area contributed by atoms with E-state index in [4.69, 9.17) is 16.7 Å². The van der Waals surface area contributed by atoms with Crippen LogP contribution in [0.3, 0.4) is 0 Å². The van der Waals surface area contributed by atoms with Gasteiger partial charge >= 0.3 is 54.2 Å². The Bertz CT molecular complexity index is 119. The zero-order valence-corrected chi connectivity index (χ0v) is 10.6. The summed E-state index contributed by atoms with van der Waals surface area (Å²) in [6, 6.07) is 0. The summed E-state index contributed by atoms with van der Waals surface area (Å²) in [7, 11) is -6.47. The van der Waals surface area contributed by atoms with Crippen LogP contribution in [0.15, 0.2) is 0 Å². The summed E-state index contributed by atoms with van der Waals surface area (Å²) >= 11 is 4.94. The van der Waals surface area contributed by atoms with Gasteiger partial charge in [0.15, 0.2) is 0 Å². The molecule has 0 fully saturated rings. The van der Waals surface area contributed by atoms with Gasteiger partial charge in [-0.05, 0) is 9.13 Å². The fourth-order valence-corrected chi connectivity index (χ4v) is 0.490. The van der Waals surface area contributed by atoms with E-state index in [9.17, 15) is 18.9 Å². The number of aliphatic hydroxyl groups excluding tert-OH is 1. The van der Waals surface area contributed by atoms with Crippen molar-refractivity contribution in [2.24, 2.45) is 0 Å². The molecular weight excluding hydrogens is 257 g/mol. The number of alkyl halides is 1. The topological polar surface area (TPSA) is 110 Å². The summed E-state index contributed by atoms with van der Waals surface area (Å²) in [6.07, 6.45) is 0. The summed E-state index contributed by atoms with van der Waals surface area (Å²) in [5.74, 6) is 0.347. The number of hydrogen-bond donors (Lipinski definition) is 1. The molecule has 10 heteroatoms. The molecule has 0 radical (unpaired) electrons. The van der Waals surface area contributed by atoms with Gasteiger partial charge in [-0.25, -0.2) is 0 Å². The van der Waals surface area contributed by atoms with Crippen molar-refractivity contribution in [3.63, 3.8) is 0 Å². The van der Waals surface area contributed by atoms with E-state index >= 15 is 0 Å². The van der Waals surface area contributed by atoms with Crippen LogP contribution in [0, 0.1) is 0 Å². The van der Waals surface area contributed by atoms with Crippen molar-refractivity contribution in [1.82, 2.24) is 0 Å². The minimum Gasteiger partial charge on any atom is -0.563 e. The number of hydrogen-bond acceptors (Lipinski definition) is 6. The largest absolute Gasteiger partial charge is 2.00 e. The molecule has 6 nitrogen and oxygen atoms in total. The van der Waals surface area contributed by atoms with E-state index < -0.39 is 16.5 Å². The maximum atomic E-state index is 9.24.